The number of rotatable bonds is 24. The predicted octanol–water partition coefficient (Wildman–Crippen LogP) is 20.0. The van der Waals surface area contributed by atoms with Crippen LogP contribution < -0.4 is 0 Å². The van der Waals surface area contributed by atoms with Crippen LogP contribution in [0.2, 0.25) is 0 Å². The van der Waals surface area contributed by atoms with E-state index in [9.17, 15) is 0 Å². The fraction of sp³-hybridized carbons (Fsp3) is 0.391. The standard InChI is InChI=1S/C69H87O3P/c1-19-22-25-58(16)67(61-34-28-46(4)40-52(61)10,62-35-29-47(5)41-53(62)11)70-73(71-68(59(17)26-23-20-2,63-36-30-48(6)42-54(63)12)64-37-31-49(7)43-55(64)13)72-69(60(18)27-24-21-3,65-38-32-50(8)44-56(65)14)66-39-33-51(9)45-57(66)15/h28-45H,16-27H2,1-15H3. The average Bonchev–Trinajstić information content (AvgIpc) is 3.32. The summed E-state index contributed by atoms with van der Waals surface area (Å²) in [7, 11) is -2.51. The monoisotopic (exact) mass is 995 g/mol. The Morgan fingerprint density at radius 2 is 0.507 bits per heavy atom. The number of hydrogen-bond donors (Lipinski definition) is 0. The first-order chi connectivity index (χ1) is 34.7. The minimum Gasteiger partial charge on any atom is -0.291 e. The zero-order valence-corrected chi connectivity index (χ0v) is 48.4. The number of aryl methyl sites for hydroxylation is 12. The van der Waals surface area contributed by atoms with Crippen LogP contribution in [-0.4, -0.2) is 0 Å². The highest BCUT2D eigenvalue weighted by Gasteiger charge is 2.53. The topological polar surface area (TPSA) is 27.7 Å². The summed E-state index contributed by atoms with van der Waals surface area (Å²) in [5.41, 5.74) is 19.0. The van der Waals surface area contributed by atoms with Crippen molar-refractivity contribution in [3.05, 3.63) is 246 Å². The normalized spacial score (nSPS) is 12.2. The number of unbranched alkanes of at least 4 members (excludes halogenated alkanes) is 3. The highest BCUT2D eigenvalue weighted by atomic mass is 31.2. The molecule has 6 aromatic rings. The summed E-state index contributed by atoms with van der Waals surface area (Å²) in [6, 6.07) is 40.5. The Morgan fingerprint density at radius 1 is 0.329 bits per heavy atom. The Kier molecular flexibility index (Phi) is 19.1. The predicted molar refractivity (Wildman–Crippen MR) is 314 cm³/mol. The summed E-state index contributed by atoms with van der Waals surface area (Å²) < 4.78 is 25.5. The second kappa shape index (κ2) is 24.5. The second-order valence-corrected chi connectivity index (χ2v) is 22.6. The van der Waals surface area contributed by atoms with Crippen molar-refractivity contribution in [1.29, 1.82) is 0 Å². The van der Waals surface area contributed by atoms with Crippen molar-refractivity contribution in [1.82, 2.24) is 0 Å². The summed E-state index contributed by atoms with van der Waals surface area (Å²) in [5.74, 6) is 0. The Hall–Kier alpha value is -5.15. The van der Waals surface area contributed by atoms with Gasteiger partial charge < -0.3 is 0 Å². The molecule has 0 aliphatic rings. The van der Waals surface area contributed by atoms with Gasteiger partial charge in [0.1, 0.15) is 16.8 Å². The lowest BCUT2D eigenvalue weighted by Gasteiger charge is -2.48. The average molecular weight is 995 g/mol. The lowest BCUT2D eigenvalue weighted by Crippen LogP contribution is -2.40. The first-order valence-corrected chi connectivity index (χ1v) is 28.2. The maximum Gasteiger partial charge on any atom is 0.337 e. The van der Waals surface area contributed by atoms with Gasteiger partial charge in [-0.3, -0.25) is 13.6 Å². The lowest BCUT2D eigenvalue weighted by molar-refractivity contribution is 0.0117. The summed E-state index contributed by atoms with van der Waals surface area (Å²) in [4.78, 5) is 0. The summed E-state index contributed by atoms with van der Waals surface area (Å²) in [6.07, 6.45) is 7.98. The van der Waals surface area contributed by atoms with E-state index in [4.69, 9.17) is 33.3 Å². The third-order valence-electron chi connectivity index (χ3n) is 15.2. The van der Waals surface area contributed by atoms with E-state index in [2.05, 4.69) is 213 Å². The van der Waals surface area contributed by atoms with Gasteiger partial charge in [0.25, 0.3) is 0 Å². The molecule has 0 aromatic heterocycles. The van der Waals surface area contributed by atoms with Gasteiger partial charge >= 0.3 is 8.60 Å². The third-order valence-corrected chi connectivity index (χ3v) is 16.5. The number of hydrogen-bond acceptors (Lipinski definition) is 3. The molecule has 0 amide bonds. The van der Waals surface area contributed by atoms with Gasteiger partial charge in [-0.1, -0.05) is 202 Å². The van der Waals surface area contributed by atoms with E-state index in [1.807, 2.05) is 0 Å². The molecule has 386 valence electrons. The maximum absolute atomic E-state index is 8.51. The largest absolute Gasteiger partial charge is 0.337 e. The lowest BCUT2D eigenvalue weighted by atomic mass is 9.75. The Balaban J connectivity index is 1.89. The number of benzene rings is 6. The van der Waals surface area contributed by atoms with Crippen molar-refractivity contribution in [3.63, 3.8) is 0 Å². The van der Waals surface area contributed by atoms with Crippen LogP contribution in [0.25, 0.3) is 0 Å². The summed E-state index contributed by atoms with van der Waals surface area (Å²) >= 11 is 0. The fourth-order valence-corrected chi connectivity index (χ4v) is 13.2. The zero-order valence-electron chi connectivity index (χ0n) is 47.5. The molecule has 0 aliphatic carbocycles. The van der Waals surface area contributed by atoms with E-state index in [0.29, 0.717) is 0 Å². The maximum atomic E-state index is 8.51. The molecule has 0 fully saturated rings. The summed E-state index contributed by atoms with van der Waals surface area (Å²) in [6.45, 7) is 48.3. The molecule has 6 aromatic carbocycles. The van der Waals surface area contributed by atoms with Crippen LogP contribution in [0.1, 0.15) is 179 Å². The Morgan fingerprint density at radius 3 is 0.658 bits per heavy atom. The molecular formula is C69H87O3P. The Labute approximate surface area is 444 Å². The third kappa shape index (κ3) is 11.9. The highest BCUT2D eigenvalue weighted by molar-refractivity contribution is 7.41. The highest BCUT2D eigenvalue weighted by Crippen LogP contribution is 2.65. The first kappa shape index (κ1) is 57.1. The van der Waals surface area contributed by atoms with Crippen LogP contribution in [0.3, 0.4) is 0 Å². The van der Waals surface area contributed by atoms with Gasteiger partial charge in [0.2, 0.25) is 0 Å². The molecule has 0 bridgehead atoms. The molecule has 0 atom stereocenters. The van der Waals surface area contributed by atoms with Gasteiger partial charge in [-0.25, -0.2) is 0 Å². The SMILES string of the molecule is C=C(CCCC)C(OP(OC(C(=C)CCCC)(c1ccc(C)cc1C)c1ccc(C)cc1C)OC(C(=C)CCCC)(c1ccc(C)cc1C)c1ccc(C)cc1C)(c1ccc(C)cc1C)c1ccc(C)cc1C. The molecule has 0 N–H and O–H groups in total. The van der Waals surface area contributed by atoms with Gasteiger partial charge in [0.15, 0.2) is 0 Å². The molecule has 0 saturated heterocycles. The molecule has 0 saturated carbocycles. The van der Waals surface area contributed by atoms with E-state index in [0.717, 1.165) is 141 Å². The van der Waals surface area contributed by atoms with E-state index in [1.165, 1.54) is 33.4 Å². The van der Waals surface area contributed by atoms with Gasteiger partial charge in [-0.15, -0.1) is 0 Å². The molecule has 73 heavy (non-hydrogen) atoms. The summed E-state index contributed by atoms with van der Waals surface area (Å²) in [5, 5.41) is 0. The minimum absolute atomic E-state index is 0.727. The molecule has 0 unspecified atom stereocenters. The minimum atomic E-state index is -2.51. The van der Waals surface area contributed by atoms with Crippen molar-refractivity contribution in [2.75, 3.05) is 0 Å². The zero-order chi connectivity index (χ0) is 53.4. The van der Waals surface area contributed by atoms with Gasteiger partial charge in [-0.05, 0) is 205 Å². The van der Waals surface area contributed by atoms with Crippen molar-refractivity contribution in [3.8, 4) is 0 Å². The second-order valence-electron chi connectivity index (χ2n) is 21.6. The van der Waals surface area contributed by atoms with Gasteiger partial charge in [0.05, 0.1) is 0 Å². The van der Waals surface area contributed by atoms with E-state index < -0.39 is 25.4 Å². The molecule has 0 heterocycles. The van der Waals surface area contributed by atoms with Crippen molar-refractivity contribution in [2.45, 2.75) is 178 Å². The smallest absolute Gasteiger partial charge is 0.291 e. The van der Waals surface area contributed by atoms with Crippen LogP contribution >= 0.6 is 8.60 Å². The molecule has 3 nitrogen and oxygen atoms in total. The van der Waals surface area contributed by atoms with E-state index in [1.54, 1.807) is 0 Å². The van der Waals surface area contributed by atoms with E-state index >= 15 is 0 Å². The van der Waals surface area contributed by atoms with Crippen LogP contribution in [-0.2, 0) is 30.4 Å². The van der Waals surface area contributed by atoms with Crippen LogP contribution in [0.5, 0.6) is 0 Å². The molecule has 0 radical (unpaired) electrons. The molecule has 4 heteroatoms. The van der Waals surface area contributed by atoms with E-state index in [-0.39, 0.29) is 0 Å². The molecule has 0 aliphatic heterocycles. The van der Waals surface area contributed by atoms with Crippen LogP contribution in [0, 0.1) is 83.1 Å². The van der Waals surface area contributed by atoms with Crippen LogP contribution in [0.15, 0.2) is 146 Å². The molecular weight excluding hydrogens is 908 g/mol. The van der Waals surface area contributed by atoms with Crippen molar-refractivity contribution in [2.24, 2.45) is 0 Å². The Bertz CT molecular complexity index is 2480. The first-order valence-electron chi connectivity index (χ1n) is 27.1. The molecule has 0 spiro atoms. The quantitative estimate of drug-likeness (QED) is 0.0447. The van der Waals surface area contributed by atoms with Crippen LogP contribution in [0.4, 0.5) is 0 Å². The van der Waals surface area contributed by atoms with Crippen molar-refractivity contribution >= 4 is 8.60 Å². The van der Waals surface area contributed by atoms with Gasteiger partial charge in [0, 0.05) is 0 Å². The van der Waals surface area contributed by atoms with Gasteiger partial charge in [-0.2, -0.15) is 0 Å². The van der Waals surface area contributed by atoms with Crippen molar-refractivity contribution < 1.29 is 13.6 Å². The molecule has 6 rings (SSSR count). The fourth-order valence-electron chi connectivity index (χ4n) is 11.4.